The van der Waals surface area contributed by atoms with Gasteiger partial charge < -0.3 is 14.7 Å². The van der Waals surface area contributed by atoms with Crippen LogP contribution in [0.15, 0.2) is 33.9 Å². The van der Waals surface area contributed by atoms with E-state index in [2.05, 4.69) is 30.0 Å². The van der Waals surface area contributed by atoms with Crippen molar-refractivity contribution >= 4 is 11.6 Å². The molecule has 1 N–H and O–H groups in total. The highest BCUT2D eigenvalue weighted by Gasteiger charge is 2.38. The van der Waals surface area contributed by atoms with Gasteiger partial charge in [0, 0.05) is 23.6 Å². The van der Waals surface area contributed by atoms with E-state index < -0.39 is 12.1 Å². The normalized spacial score (nSPS) is 13.4. The third-order valence-electron chi connectivity index (χ3n) is 3.30. The fourth-order valence-corrected chi connectivity index (χ4v) is 2.22. The van der Waals surface area contributed by atoms with E-state index in [0.29, 0.717) is 17.5 Å². The van der Waals surface area contributed by atoms with Crippen molar-refractivity contribution in [3.63, 3.8) is 0 Å². The van der Waals surface area contributed by atoms with Crippen LogP contribution in [-0.4, -0.2) is 34.9 Å². The number of amides is 1. The molecule has 0 aliphatic heterocycles. The Morgan fingerprint density at radius 3 is 2.54 bits per heavy atom. The summed E-state index contributed by atoms with van der Waals surface area (Å²) in [5, 5.41) is 9.86. The third-order valence-corrected chi connectivity index (χ3v) is 3.30. The van der Waals surface area contributed by atoms with E-state index >= 15 is 0 Å². The summed E-state index contributed by atoms with van der Waals surface area (Å²) in [4.78, 5) is 20.2. The first-order chi connectivity index (χ1) is 12.2. The zero-order chi connectivity index (χ0) is 19.3. The third kappa shape index (κ3) is 5.04. The zero-order valence-electron chi connectivity index (χ0n) is 14.3. The van der Waals surface area contributed by atoms with Gasteiger partial charge in [-0.05, 0) is 26.0 Å². The molecule has 1 amide bonds. The molecule has 140 valence electrons. The fraction of sp³-hybridized carbons (Fsp3) is 0.375. The standard InChI is InChI=1S/C16H17F3N4O3/c1-9(8-10(2)22-25-3)20-14(24)12-6-4-11(5-7-12)13-21-15(26-23-13)16(17,18)19/h4-7,9H,8H2,1-3H3,(H,20,24)/b22-10+. The maximum absolute atomic E-state index is 12.5. The molecule has 2 rings (SSSR count). The topological polar surface area (TPSA) is 89.6 Å². The molecule has 1 aromatic carbocycles. The van der Waals surface area contributed by atoms with Crippen molar-refractivity contribution in [2.75, 3.05) is 7.11 Å². The molecule has 1 unspecified atom stereocenters. The Morgan fingerprint density at radius 2 is 2.00 bits per heavy atom. The Bertz CT molecular complexity index is 785. The summed E-state index contributed by atoms with van der Waals surface area (Å²) in [6.45, 7) is 3.60. The molecule has 7 nitrogen and oxygen atoms in total. The van der Waals surface area contributed by atoms with Gasteiger partial charge in [0.25, 0.3) is 5.91 Å². The average Bonchev–Trinajstić information content (AvgIpc) is 3.05. The molecular formula is C16H17F3N4O3. The first-order valence-corrected chi connectivity index (χ1v) is 7.59. The van der Waals surface area contributed by atoms with Gasteiger partial charge in [-0.1, -0.05) is 22.4 Å². The van der Waals surface area contributed by atoms with E-state index in [0.717, 1.165) is 5.71 Å². The van der Waals surface area contributed by atoms with Crippen LogP contribution in [0.25, 0.3) is 11.4 Å². The van der Waals surface area contributed by atoms with Crippen LogP contribution in [0.3, 0.4) is 0 Å². The number of halogens is 3. The van der Waals surface area contributed by atoms with Gasteiger partial charge in [0.15, 0.2) is 0 Å². The van der Waals surface area contributed by atoms with Crippen molar-refractivity contribution in [2.45, 2.75) is 32.5 Å². The van der Waals surface area contributed by atoms with Crippen molar-refractivity contribution in [1.82, 2.24) is 15.5 Å². The molecule has 0 bridgehead atoms. The van der Waals surface area contributed by atoms with Gasteiger partial charge in [0.1, 0.15) is 7.11 Å². The largest absolute Gasteiger partial charge is 0.471 e. The van der Waals surface area contributed by atoms with Gasteiger partial charge in [-0.25, -0.2) is 0 Å². The lowest BCUT2D eigenvalue weighted by Gasteiger charge is -2.13. The number of nitrogens with one attached hydrogen (secondary N) is 1. The van der Waals surface area contributed by atoms with E-state index in [-0.39, 0.29) is 17.8 Å². The van der Waals surface area contributed by atoms with E-state index in [1.165, 1.54) is 31.4 Å². The summed E-state index contributed by atoms with van der Waals surface area (Å²) in [5.74, 6) is -1.95. The second-order valence-corrected chi connectivity index (χ2v) is 5.59. The zero-order valence-corrected chi connectivity index (χ0v) is 14.3. The van der Waals surface area contributed by atoms with Crippen molar-refractivity contribution in [3.8, 4) is 11.4 Å². The first kappa shape index (κ1) is 19.4. The Hall–Kier alpha value is -2.91. The van der Waals surface area contributed by atoms with Crippen LogP contribution in [0.4, 0.5) is 13.2 Å². The summed E-state index contributed by atoms with van der Waals surface area (Å²) in [6.07, 6.45) is -4.19. The molecule has 1 heterocycles. The molecule has 1 atom stereocenters. The minimum atomic E-state index is -4.70. The van der Waals surface area contributed by atoms with Crippen LogP contribution in [0.1, 0.15) is 36.5 Å². The van der Waals surface area contributed by atoms with Gasteiger partial charge in [-0.15, -0.1) is 0 Å². The van der Waals surface area contributed by atoms with E-state index in [9.17, 15) is 18.0 Å². The molecule has 1 aromatic heterocycles. The van der Waals surface area contributed by atoms with Gasteiger partial charge in [-0.3, -0.25) is 4.79 Å². The highest BCUT2D eigenvalue weighted by molar-refractivity contribution is 5.95. The van der Waals surface area contributed by atoms with Crippen LogP contribution < -0.4 is 5.32 Å². The predicted octanol–water partition coefficient (Wildman–Crippen LogP) is 3.29. The number of aromatic nitrogens is 2. The maximum atomic E-state index is 12.5. The van der Waals surface area contributed by atoms with Gasteiger partial charge in [0.05, 0.1) is 5.71 Å². The molecule has 0 aliphatic rings. The molecule has 0 radical (unpaired) electrons. The summed E-state index contributed by atoms with van der Waals surface area (Å²) < 4.78 is 41.6. The number of alkyl halides is 3. The molecule has 0 saturated heterocycles. The SMILES string of the molecule is CO/N=C(\C)CC(C)NC(=O)c1ccc(-c2noc(C(F)(F)F)n2)cc1. The molecule has 0 saturated carbocycles. The molecule has 0 spiro atoms. The van der Waals surface area contributed by atoms with Crippen LogP contribution in [0, 0.1) is 0 Å². The quantitative estimate of drug-likeness (QED) is 0.623. The van der Waals surface area contributed by atoms with Crippen LogP contribution >= 0.6 is 0 Å². The average molecular weight is 370 g/mol. The Labute approximate surface area is 147 Å². The van der Waals surface area contributed by atoms with Crippen LogP contribution in [0.5, 0.6) is 0 Å². The Kier molecular flexibility index (Phi) is 5.96. The molecular weight excluding hydrogens is 353 g/mol. The fourth-order valence-electron chi connectivity index (χ4n) is 2.22. The second kappa shape index (κ2) is 7.98. The Balaban J connectivity index is 2.03. The summed E-state index contributed by atoms with van der Waals surface area (Å²) in [7, 11) is 1.44. The summed E-state index contributed by atoms with van der Waals surface area (Å²) in [5.41, 5.74) is 1.38. The second-order valence-electron chi connectivity index (χ2n) is 5.59. The monoisotopic (exact) mass is 370 g/mol. The van der Waals surface area contributed by atoms with E-state index in [4.69, 9.17) is 0 Å². The smallest absolute Gasteiger partial charge is 0.399 e. The molecule has 26 heavy (non-hydrogen) atoms. The lowest BCUT2D eigenvalue weighted by molar-refractivity contribution is -0.159. The summed E-state index contributed by atoms with van der Waals surface area (Å²) in [6, 6.07) is 5.66. The summed E-state index contributed by atoms with van der Waals surface area (Å²) >= 11 is 0. The number of benzene rings is 1. The number of hydrogen-bond acceptors (Lipinski definition) is 6. The van der Waals surface area contributed by atoms with Crippen molar-refractivity contribution in [3.05, 3.63) is 35.7 Å². The lowest BCUT2D eigenvalue weighted by Crippen LogP contribution is -2.33. The molecule has 0 fully saturated rings. The predicted molar refractivity (Wildman–Crippen MR) is 86.4 cm³/mol. The minimum absolute atomic E-state index is 0.173. The number of nitrogens with zero attached hydrogens (tertiary/aromatic N) is 3. The number of hydrogen-bond donors (Lipinski definition) is 1. The minimum Gasteiger partial charge on any atom is -0.399 e. The maximum Gasteiger partial charge on any atom is 0.471 e. The number of carbonyl (C=O) groups excluding carboxylic acids is 1. The van der Waals surface area contributed by atoms with E-state index in [1.807, 2.05) is 6.92 Å². The number of carbonyl (C=O) groups is 1. The van der Waals surface area contributed by atoms with Gasteiger partial charge >= 0.3 is 12.1 Å². The van der Waals surface area contributed by atoms with Crippen LogP contribution in [0.2, 0.25) is 0 Å². The van der Waals surface area contributed by atoms with Crippen molar-refractivity contribution in [2.24, 2.45) is 5.16 Å². The van der Waals surface area contributed by atoms with Crippen molar-refractivity contribution in [1.29, 1.82) is 0 Å². The van der Waals surface area contributed by atoms with Crippen molar-refractivity contribution < 1.29 is 27.3 Å². The van der Waals surface area contributed by atoms with E-state index in [1.54, 1.807) is 6.92 Å². The Morgan fingerprint density at radius 1 is 1.35 bits per heavy atom. The molecule has 0 aliphatic carbocycles. The first-order valence-electron chi connectivity index (χ1n) is 7.59. The number of rotatable bonds is 6. The lowest BCUT2D eigenvalue weighted by atomic mass is 10.1. The molecule has 10 heteroatoms. The highest BCUT2D eigenvalue weighted by atomic mass is 19.4. The van der Waals surface area contributed by atoms with Gasteiger partial charge in [-0.2, -0.15) is 18.2 Å². The van der Waals surface area contributed by atoms with Gasteiger partial charge in [0.2, 0.25) is 5.82 Å². The highest BCUT2D eigenvalue weighted by Crippen LogP contribution is 2.29. The van der Waals surface area contributed by atoms with Crippen LogP contribution in [-0.2, 0) is 11.0 Å². The number of oxime groups is 1. The molecule has 2 aromatic rings.